The molecule has 0 unspecified atom stereocenters. The highest BCUT2D eigenvalue weighted by Crippen LogP contribution is 2.41. The lowest BCUT2D eigenvalue weighted by molar-refractivity contribution is 0.164. The van der Waals surface area contributed by atoms with Crippen LogP contribution in [0.15, 0.2) is 12.1 Å². The SMILES string of the molecule is CCc1ccc(CC2(CN)CCC(C)CC2)s1. The van der Waals surface area contributed by atoms with Gasteiger partial charge in [-0.2, -0.15) is 0 Å². The smallest absolute Gasteiger partial charge is 0.00541 e. The Labute approximate surface area is 109 Å². The van der Waals surface area contributed by atoms with Gasteiger partial charge < -0.3 is 5.73 Å². The van der Waals surface area contributed by atoms with E-state index in [9.17, 15) is 0 Å². The molecule has 0 aromatic carbocycles. The minimum Gasteiger partial charge on any atom is -0.330 e. The molecule has 0 radical (unpaired) electrons. The highest BCUT2D eigenvalue weighted by atomic mass is 32.1. The second-order valence-electron chi connectivity index (χ2n) is 5.78. The molecule has 2 rings (SSSR count). The van der Waals surface area contributed by atoms with Crippen molar-refractivity contribution in [2.75, 3.05) is 6.54 Å². The van der Waals surface area contributed by atoms with Crippen molar-refractivity contribution < 1.29 is 0 Å². The molecular formula is C15H25NS. The molecule has 1 aliphatic carbocycles. The van der Waals surface area contributed by atoms with E-state index in [1.54, 1.807) is 4.88 Å². The van der Waals surface area contributed by atoms with Crippen LogP contribution in [0.2, 0.25) is 0 Å². The molecule has 2 N–H and O–H groups in total. The summed E-state index contributed by atoms with van der Waals surface area (Å²) in [5.74, 6) is 0.907. The van der Waals surface area contributed by atoms with E-state index in [1.165, 1.54) is 37.0 Å². The molecule has 0 bridgehead atoms. The predicted octanol–water partition coefficient (Wildman–Crippen LogP) is 4.01. The first kappa shape index (κ1) is 13.1. The topological polar surface area (TPSA) is 26.0 Å². The fraction of sp³-hybridized carbons (Fsp3) is 0.733. The van der Waals surface area contributed by atoms with Crippen molar-refractivity contribution in [1.29, 1.82) is 0 Å². The maximum absolute atomic E-state index is 6.08. The minimum atomic E-state index is 0.405. The van der Waals surface area contributed by atoms with Gasteiger partial charge in [-0.25, -0.2) is 0 Å². The van der Waals surface area contributed by atoms with Crippen LogP contribution in [-0.2, 0) is 12.8 Å². The molecule has 1 heterocycles. The van der Waals surface area contributed by atoms with Crippen molar-refractivity contribution in [2.45, 2.75) is 52.4 Å². The van der Waals surface area contributed by atoms with Crippen molar-refractivity contribution >= 4 is 11.3 Å². The summed E-state index contributed by atoms with van der Waals surface area (Å²) >= 11 is 1.99. The van der Waals surface area contributed by atoms with Crippen LogP contribution in [0.3, 0.4) is 0 Å². The Bertz CT molecular complexity index is 348. The van der Waals surface area contributed by atoms with Crippen LogP contribution in [0, 0.1) is 11.3 Å². The third-order valence-electron chi connectivity index (χ3n) is 4.38. The van der Waals surface area contributed by atoms with Crippen molar-refractivity contribution in [3.8, 4) is 0 Å². The zero-order valence-corrected chi connectivity index (χ0v) is 12.0. The summed E-state index contributed by atoms with van der Waals surface area (Å²) in [6, 6.07) is 4.61. The van der Waals surface area contributed by atoms with Crippen molar-refractivity contribution in [3.63, 3.8) is 0 Å². The van der Waals surface area contributed by atoms with Gasteiger partial charge in [0.25, 0.3) is 0 Å². The van der Waals surface area contributed by atoms with Gasteiger partial charge in [0.05, 0.1) is 0 Å². The van der Waals surface area contributed by atoms with Crippen LogP contribution >= 0.6 is 11.3 Å². The summed E-state index contributed by atoms with van der Waals surface area (Å²) in [6.45, 7) is 5.47. The van der Waals surface area contributed by atoms with E-state index < -0.39 is 0 Å². The summed E-state index contributed by atoms with van der Waals surface area (Å²) in [4.78, 5) is 3.05. The van der Waals surface area contributed by atoms with Crippen LogP contribution in [-0.4, -0.2) is 6.54 Å². The second-order valence-corrected chi connectivity index (χ2v) is 7.04. The summed E-state index contributed by atoms with van der Waals surface area (Å²) in [6.07, 6.45) is 7.75. The van der Waals surface area contributed by atoms with Crippen LogP contribution in [0.5, 0.6) is 0 Å². The lowest BCUT2D eigenvalue weighted by atomic mass is 9.69. The number of aryl methyl sites for hydroxylation is 1. The Morgan fingerprint density at radius 3 is 2.47 bits per heavy atom. The maximum Gasteiger partial charge on any atom is 0.00541 e. The van der Waals surface area contributed by atoms with Crippen LogP contribution in [0.1, 0.15) is 49.3 Å². The maximum atomic E-state index is 6.08. The Balaban J connectivity index is 2.03. The molecular weight excluding hydrogens is 226 g/mol. The van der Waals surface area contributed by atoms with Crippen LogP contribution in [0.25, 0.3) is 0 Å². The molecule has 0 spiro atoms. The van der Waals surface area contributed by atoms with Crippen molar-refractivity contribution in [1.82, 2.24) is 0 Å². The van der Waals surface area contributed by atoms with Gasteiger partial charge >= 0.3 is 0 Å². The van der Waals surface area contributed by atoms with E-state index in [4.69, 9.17) is 5.73 Å². The van der Waals surface area contributed by atoms with E-state index in [0.717, 1.165) is 18.9 Å². The molecule has 0 saturated heterocycles. The lowest BCUT2D eigenvalue weighted by Crippen LogP contribution is -2.36. The molecule has 0 aliphatic heterocycles. The molecule has 96 valence electrons. The van der Waals surface area contributed by atoms with E-state index in [0.29, 0.717) is 5.41 Å². The van der Waals surface area contributed by atoms with Gasteiger partial charge in [-0.05, 0) is 55.7 Å². The van der Waals surface area contributed by atoms with Crippen LogP contribution in [0.4, 0.5) is 0 Å². The third kappa shape index (κ3) is 3.11. The van der Waals surface area contributed by atoms with Gasteiger partial charge in [0.2, 0.25) is 0 Å². The number of thiophene rings is 1. The van der Waals surface area contributed by atoms with E-state index in [2.05, 4.69) is 26.0 Å². The number of nitrogens with two attached hydrogens (primary N) is 1. The van der Waals surface area contributed by atoms with Gasteiger partial charge in [-0.1, -0.05) is 26.7 Å². The van der Waals surface area contributed by atoms with Gasteiger partial charge in [-0.3, -0.25) is 0 Å². The first-order valence-corrected chi connectivity index (χ1v) is 7.77. The monoisotopic (exact) mass is 251 g/mol. The highest BCUT2D eigenvalue weighted by Gasteiger charge is 2.33. The normalized spacial score (nSPS) is 29.5. The number of hydrogen-bond acceptors (Lipinski definition) is 2. The summed E-state index contributed by atoms with van der Waals surface area (Å²) < 4.78 is 0. The van der Waals surface area contributed by atoms with Crippen molar-refractivity contribution in [3.05, 3.63) is 21.9 Å². The fourth-order valence-corrected chi connectivity index (χ4v) is 4.04. The third-order valence-corrected chi connectivity index (χ3v) is 5.61. The van der Waals surface area contributed by atoms with Crippen LogP contribution < -0.4 is 5.73 Å². The molecule has 2 heteroatoms. The largest absolute Gasteiger partial charge is 0.330 e. The summed E-state index contributed by atoms with van der Waals surface area (Å²) in [7, 11) is 0. The Kier molecular flexibility index (Phi) is 4.26. The Hall–Kier alpha value is -0.340. The molecule has 1 aliphatic rings. The van der Waals surface area contributed by atoms with E-state index >= 15 is 0 Å². The first-order valence-electron chi connectivity index (χ1n) is 6.95. The Morgan fingerprint density at radius 2 is 1.94 bits per heavy atom. The zero-order valence-electron chi connectivity index (χ0n) is 11.2. The van der Waals surface area contributed by atoms with Gasteiger partial charge in [-0.15, -0.1) is 11.3 Å². The molecule has 17 heavy (non-hydrogen) atoms. The molecule has 0 atom stereocenters. The molecule has 1 aromatic rings. The fourth-order valence-electron chi connectivity index (χ4n) is 2.90. The lowest BCUT2D eigenvalue weighted by Gasteiger charge is -2.38. The predicted molar refractivity (Wildman–Crippen MR) is 76.5 cm³/mol. The number of hydrogen-bond donors (Lipinski definition) is 1. The van der Waals surface area contributed by atoms with Gasteiger partial charge in [0, 0.05) is 9.75 Å². The summed E-state index contributed by atoms with van der Waals surface area (Å²) in [5, 5.41) is 0. The molecule has 0 amide bonds. The molecule has 1 aromatic heterocycles. The highest BCUT2D eigenvalue weighted by molar-refractivity contribution is 7.11. The Morgan fingerprint density at radius 1 is 1.29 bits per heavy atom. The first-order chi connectivity index (χ1) is 8.17. The minimum absolute atomic E-state index is 0.405. The van der Waals surface area contributed by atoms with Crippen molar-refractivity contribution in [2.24, 2.45) is 17.1 Å². The average molecular weight is 251 g/mol. The van der Waals surface area contributed by atoms with E-state index in [-0.39, 0.29) is 0 Å². The quantitative estimate of drug-likeness (QED) is 0.859. The second kappa shape index (κ2) is 5.53. The van der Waals surface area contributed by atoms with Gasteiger partial charge in [0.1, 0.15) is 0 Å². The van der Waals surface area contributed by atoms with E-state index in [1.807, 2.05) is 11.3 Å². The molecule has 1 nitrogen and oxygen atoms in total. The standard InChI is InChI=1S/C15H25NS/c1-3-13-4-5-14(17-13)10-15(11-16)8-6-12(2)7-9-15/h4-5,12H,3,6-11,16H2,1-2H3. The summed E-state index contributed by atoms with van der Waals surface area (Å²) in [5.41, 5.74) is 6.48. The van der Waals surface area contributed by atoms with Gasteiger partial charge in [0.15, 0.2) is 0 Å². The zero-order chi connectivity index (χ0) is 12.3. The molecule has 1 fully saturated rings. The average Bonchev–Trinajstić information content (AvgIpc) is 2.80. The molecule has 1 saturated carbocycles. The number of rotatable bonds is 4.